The number of amides is 3. The van der Waals surface area contributed by atoms with Crippen LogP contribution < -0.4 is 10.2 Å². The molecule has 5 rings (SSSR count). The second kappa shape index (κ2) is 8.51. The van der Waals surface area contributed by atoms with Crippen molar-refractivity contribution in [3.63, 3.8) is 0 Å². The molecule has 1 unspecified atom stereocenters. The second-order valence-corrected chi connectivity index (χ2v) is 8.58. The van der Waals surface area contributed by atoms with Gasteiger partial charge in [0.1, 0.15) is 17.7 Å². The number of hydrogen-bond donors (Lipinski definition) is 1. The van der Waals surface area contributed by atoms with Gasteiger partial charge < -0.3 is 9.80 Å². The molecule has 1 atom stereocenters. The molecule has 1 N–H and O–H groups in total. The van der Waals surface area contributed by atoms with Gasteiger partial charge in [-0.05, 0) is 24.6 Å². The number of nitrogens with one attached hydrogen (secondary N) is 1. The Morgan fingerprint density at radius 1 is 1.09 bits per heavy atom. The molecule has 2 saturated heterocycles. The first kappa shape index (κ1) is 21.4. The van der Waals surface area contributed by atoms with Crippen molar-refractivity contribution >= 4 is 23.4 Å². The number of pyridine rings is 1. The quantitative estimate of drug-likeness (QED) is 0.703. The first-order valence-corrected chi connectivity index (χ1v) is 10.9. The van der Waals surface area contributed by atoms with Crippen molar-refractivity contribution in [1.29, 1.82) is 0 Å². The number of carbonyl (C=O) groups is 3. The fourth-order valence-electron chi connectivity index (χ4n) is 4.81. The molecule has 4 heterocycles. The number of fused-ring (bicyclic) bond motifs is 1. The Labute approximate surface area is 189 Å². The minimum absolute atomic E-state index is 0.164. The predicted octanol–water partition coefficient (Wildman–Crippen LogP) is 1.44. The van der Waals surface area contributed by atoms with Gasteiger partial charge in [0.25, 0.3) is 5.91 Å². The number of piperazine rings is 1. The SMILES string of the molecule is O=C1CCC(N2Cc3c(cc(F)cc3N3CCN(Cc4ccncc4F)CC3)C2=O)C(=O)N1. The Kier molecular flexibility index (Phi) is 5.53. The third-order valence-corrected chi connectivity index (χ3v) is 6.56. The molecule has 0 bridgehead atoms. The van der Waals surface area contributed by atoms with E-state index in [9.17, 15) is 23.2 Å². The maximum atomic E-state index is 14.5. The van der Waals surface area contributed by atoms with Gasteiger partial charge in [-0.2, -0.15) is 0 Å². The number of carbonyl (C=O) groups excluding carboxylic acids is 3. The highest BCUT2D eigenvalue weighted by Crippen LogP contribution is 2.35. The first-order valence-electron chi connectivity index (χ1n) is 10.9. The Balaban J connectivity index is 1.32. The lowest BCUT2D eigenvalue weighted by Crippen LogP contribution is -2.52. The van der Waals surface area contributed by atoms with Crippen molar-refractivity contribution in [1.82, 2.24) is 20.1 Å². The summed E-state index contributed by atoms with van der Waals surface area (Å²) in [7, 11) is 0. The number of anilines is 1. The fraction of sp³-hybridized carbons (Fsp3) is 0.391. The first-order chi connectivity index (χ1) is 15.9. The highest BCUT2D eigenvalue weighted by Gasteiger charge is 2.41. The van der Waals surface area contributed by atoms with Crippen LogP contribution in [-0.2, 0) is 22.7 Å². The number of nitrogens with zero attached hydrogens (tertiary/aromatic N) is 4. The van der Waals surface area contributed by atoms with E-state index < -0.39 is 23.7 Å². The highest BCUT2D eigenvalue weighted by atomic mass is 19.1. The van der Waals surface area contributed by atoms with Crippen molar-refractivity contribution < 1.29 is 23.2 Å². The molecular formula is C23H23F2N5O3. The summed E-state index contributed by atoms with van der Waals surface area (Å²) >= 11 is 0. The maximum absolute atomic E-state index is 14.5. The molecule has 10 heteroatoms. The van der Waals surface area contributed by atoms with Crippen LogP contribution in [-0.4, -0.2) is 64.7 Å². The zero-order valence-electron chi connectivity index (χ0n) is 17.9. The summed E-state index contributed by atoms with van der Waals surface area (Å²) in [5, 5.41) is 2.28. The van der Waals surface area contributed by atoms with Gasteiger partial charge in [-0.3, -0.25) is 29.6 Å². The van der Waals surface area contributed by atoms with Gasteiger partial charge in [0, 0.05) is 74.3 Å². The lowest BCUT2D eigenvalue weighted by atomic mass is 10.0. The van der Waals surface area contributed by atoms with Crippen molar-refractivity contribution in [2.45, 2.75) is 32.0 Å². The summed E-state index contributed by atoms with van der Waals surface area (Å²) in [5.41, 5.74) is 2.18. The Hall–Kier alpha value is -3.40. The summed E-state index contributed by atoms with van der Waals surface area (Å²) in [6.45, 7) is 3.14. The molecule has 3 amide bonds. The van der Waals surface area contributed by atoms with Crippen LogP contribution in [0.15, 0.2) is 30.6 Å². The van der Waals surface area contributed by atoms with E-state index in [1.807, 2.05) is 4.90 Å². The van der Waals surface area contributed by atoms with Gasteiger partial charge in [-0.15, -0.1) is 0 Å². The third kappa shape index (κ3) is 4.06. The van der Waals surface area contributed by atoms with Crippen molar-refractivity contribution in [3.8, 4) is 0 Å². The Morgan fingerprint density at radius 3 is 2.61 bits per heavy atom. The number of aromatic nitrogens is 1. The zero-order valence-corrected chi connectivity index (χ0v) is 17.9. The average molecular weight is 455 g/mol. The van der Waals surface area contributed by atoms with Gasteiger partial charge in [-0.1, -0.05) is 0 Å². The highest BCUT2D eigenvalue weighted by molar-refractivity contribution is 6.06. The third-order valence-electron chi connectivity index (χ3n) is 6.56. The number of rotatable bonds is 4. The van der Waals surface area contributed by atoms with Gasteiger partial charge in [0.05, 0.1) is 6.20 Å². The number of benzene rings is 1. The minimum atomic E-state index is -0.745. The van der Waals surface area contributed by atoms with Crippen molar-refractivity contribution in [3.05, 3.63) is 58.9 Å². The van der Waals surface area contributed by atoms with Crippen LogP contribution in [0, 0.1) is 11.6 Å². The van der Waals surface area contributed by atoms with E-state index in [4.69, 9.17) is 0 Å². The molecule has 172 valence electrons. The molecule has 2 aromatic rings. The monoisotopic (exact) mass is 455 g/mol. The fourth-order valence-corrected chi connectivity index (χ4v) is 4.81. The van der Waals surface area contributed by atoms with Crippen LogP contribution in [0.2, 0.25) is 0 Å². The van der Waals surface area contributed by atoms with Crippen LogP contribution in [0.4, 0.5) is 14.5 Å². The molecular weight excluding hydrogens is 432 g/mol. The molecule has 2 fully saturated rings. The largest absolute Gasteiger partial charge is 0.369 e. The van der Waals surface area contributed by atoms with Crippen LogP contribution >= 0.6 is 0 Å². The smallest absolute Gasteiger partial charge is 0.255 e. The van der Waals surface area contributed by atoms with Crippen molar-refractivity contribution in [2.24, 2.45) is 0 Å². The summed E-state index contributed by atoms with van der Waals surface area (Å²) in [5.74, 6) is -2.09. The number of halogens is 2. The van der Waals surface area contributed by atoms with Gasteiger partial charge in [-0.25, -0.2) is 8.78 Å². The molecule has 8 nitrogen and oxygen atoms in total. The number of hydrogen-bond acceptors (Lipinski definition) is 6. The number of piperidine rings is 1. The van der Waals surface area contributed by atoms with Crippen LogP contribution in [0.3, 0.4) is 0 Å². The molecule has 3 aliphatic heterocycles. The van der Waals surface area contributed by atoms with E-state index in [0.717, 1.165) is 0 Å². The molecule has 1 aromatic carbocycles. The summed E-state index contributed by atoms with van der Waals surface area (Å²) in [4.78, 5) is 46.2. The standard InChI is InChI=1S/C23H23F2N5O3/c24-15-9-16-17(13-30(23(16)33)19-1-2-21(31)27-22(19)32)20(10-15)29-7-5-28(6-8-29)12-14-3-4-26-11-18(14)25/h3-4,9-11,19H,1-2,5-8,12-13H2,(H,27,31,32). The normalized spacial score (nSPS) is 21.4. The number of imide groups is 1. The van der Waals surface area contributed by atoms with E-state index in [2.05, 4.69) is 15.2 Å². The molecule has 0 radical (unpaired) electrons. The Bertz CT molecular complexity index is 1130. The average Bonchev–Trinajstić information content (AvgIpc) is 3.11. The molecule has 0 spiro atoms. The molecule has 0 saturated carbocycles. The molecule has 33 heavy (non-hydrogen) atoms. The van der Waals surface area contributed by atoms with Crippen LogP contribution in [0.5, 0.6) is 0 Å². The molecule has 0 aliphatic carbocycles. The minimum Gasteiger partial charge on any atom is -0.369 e. The topological polar surface area (TPSA) is 85.9 Å². The van der Waals surface area contributed by atoms with E-state index in [0.29, 0.717) is 49.5 Å². The van der Waals surface area contributed by atoms with Gasteiger partial charge in [0.2, 0.25) is 11.8 Å². The summed E-state index contributed by atoms with van der Waals surface area (Å²) in [6, 6.07) is 3.56. The van der Waals surface area contributed by atoms with Gasteiger partial charge in [0.15, 0.2) is 0 Å². The van der Waals surface area contributed by atoms with Crippen molar-refractivity contribution in [2.75, 3.05) is 31.1 Å². The van der Waals surface area contributed by atoms with Crippen LogP contribution in [0.1, 0.15) is 34.3 Å². The van der Waals surface area contributed by atoms with E-state index >= 15 is 0 Å². The summed E-state index contributed by atoms with van der Waals surface area (Å²) < 4.78 is 28.4. The van der Waals surface area contributed by atoms with E-state index in [1.54, 1.807) is 12.3 Å². The zero-order chi connectivity index (χ0) is 23.1. The molecule has 1 aromatic heterocycles. The summed E-state index contributed by atoms with van der Waals surface area (Å²) in [6.07, 6.45) is 3.19. The Morgan fingerprint density at radius 2 is 1.88 bits per heavy atom. The van der Waals surface area contributed by atoms with Crippen LogP contribution in [0.25, 0.3) is 0 Å². The lowest BCUT2D eigenvalue weighted by Gasteiger charge is -2.37. The van der Waals surface area contributed by atoms with E-state index in [1.165, 1.54) is 23.2 Å². The lowest BCUT2D eigenvalue weighted by molar-refractivity contribution is -0.136. The van der Waals surface area contributed by atoms with E-state index in [-0.39, 0.29) is 36.7 Å². The predicted molar refractivity (Wildman–Crippen MR) is 114 cm³/mol. The molecule has 3 aliphatic rings. The second-order valence-electron chi connectivity index (χ2n) is 8.58. The maximum Gasteiger partial charge on any atom is 0.255 e. The van der Waals surface area contributed by atoms with Gasteiger partial charge >= 0.3 is 0 Å².